The molecule has 0 radical (unpaired) electrons. The molecule has 6 rings (SSSR count). The number of aliphatic hydroxyl groups is 1. The second kappa shape index (κ2) is 12.1. The summed E-state index contributed by atoms with van der Waals surface area (Å²) in [6, 6.07) is 15.1. The zero-order valence-corrected chi connectivity index (χ0v) is 25.6. The fourth-order valence-corrected chi connectivity index (χ4v) is 6.15. The lowest BCUT2D eigenvalue weighted by Gasteiger charge is -2.20. The van der Waals surface area contributed by atoms with E-state index in [9.17, 15) is 28.3 Å². The van der Waals surface area contributed by atoms with E-state index in [1.54, 1.807) is 48.9 Å². The SMILES string of the molecule is Cn1cnnc1-c1ccc(C#N)cc1-c1cc(NCCC#N)nc(N2Cc3c(cc(CN4CCC(C)(O)C4)cc3C(F)(F)F)C2=O)c1. The summed E-state index contributed by atoms with van der Waals surface area (Å²) in [5, 5.41) is 40.4. The van der Waals surface area contributed by atoms with Gasteiger partial charge in [0.1, 0.15) is 18.0 Å². The lowest BCUT2D eigenvalue weighted by atomic mass is 9.97. The van der Waals surface area contributed by atoms with Crippen molar-refractivity contribution in [2.24, 2.45) is 7.05 Å². The van der Waals surface area contributed by atoms with Gasteiger partial charge in [0.25, 0.3) is 5.91 Å². The van der Waals surface area contributed by atoms with Crippen LogP contribution in [0.2, 0.25) is 0 Å². The van der Waals surface area contributed by atoms with Crippen LogP contribution in [0.1, 0.15) is 52.4 Å². The van der Waals surface area contributed by atoms with Gasteiger partial charge in [0.2, 0.25) is 0 Å². The van der Waals surface area contributed by atoms with Gasteiger partial charge < -0.3 is 15.0 Å². The second-order valence-electron chi connectivity index (χ2n) is 12.1. The largest absolute Gasteiger partial charge is 0.416 e. The molecule has 0 spiro atoms. The van der Waals surface area contributed by atoms with Crippen molar-refractivity contribution >= 4 is 17.5 Å². The molecule has 2 aromatic heterocycles. The summed E-state index contributed by atoms with van der Waals surface area (Å²) in [5.41, 5.74) is 0.385. The van der Waals surface area contributed by atoms with Crippen LogP contribution in [0, 0.1) is 22.7 Å². The summed E-state index contributed by atoms with van der Waals surface area (Å²) in [7, 11) is 1.77. The van der Waals surface area contributed by atoms with Crippen LogP contribution in [0.15, 0.2) is 48.8 Å². The van der Waals surface area contributed by atoms with E-state index < -0.39 is 23.2 Å². The standard InChI is InChI=1S/C33H30F3N9O2/c1-32(47)6-9-44(18-32)16-21-11-25-26(27(12-21)33(34,35)36)17-45(31(25)46)29-14-22(13-28(41-29)39-8-3-7-37)24-10-20(15-38)4-5-23(24)30-42-40-19-43(30)2/h4-5,10-14,19,47H,3,6,8-9,16-18H2,1-2H3,(H,39,41). The van der Waals surface area contributed by atoms with Crippen LogP contribution in [0.4, 0.5) is 24.8 Å². The average molecular weight is 642 g/mol. The molecule has 2 aliphatic heterocycles. The number of anilines is 2. The molecule has 47 heavy (non-hydrogen) atoms. The number of β-amino-alcohol motifs (C(OH)–C–C–N with tert-alkyl or cyclic N) is 1. The van der Waals surface area contributed by atoms with Crippen molar-refractivity contribution in [2.75, 3.05) is 29.9 Å². The van der Waals surface area contributed by atoms with E-state index in [1.807, 2.05) is 11.0 Å². The van der Waals surface area contributed by atoms with Crippen LogP contribution in [-0.4, -0.2) is 60.9 Å². The Kier molecular flexibility index (Phi) is 8.17. The molecule has 4 aromatic rings. The summed E-state index contributed by atoms with van der Waals surface area (Å²) >= 11 is 0. The van der Waals surface area contributed by atoms with Gasteiger partial charge in [0, 0.05) is 44.4 Å². The number of amides is 1. The number of carbonyl (C=O) groups excluding carboxylic acids is 1. The molecule has 2 N–H and O–H groups in total. The number of alkyl halides is 3. The maximum Gasteiger partial charge on any atom is 0.416 e. The number of aryl methyl sites for hydroxylation is 1. The first-order chi connectivity index (χ1) is 22.4. The van der Waals surface area contributed by atoms with E-state index in [0.717, 1.165) is 6.07 Å². The predicted molar refractivity (Wildman–Crippen MR) is 166 cm³/mol. The molecule has 1 unspecified atom stereocenters. The van der Waals surface area contributed by atoms with Crippen LogP contribution in [0.3, 0.4) is 0 Å². The second-order valence-corrected chi connectivity index (χ2v) is 12.1. The van der Waals surface area contributed by atoms with Crippen molar-refractivity contribution in [3.05, 3.63) is 76.6 Å². The average Bonchev–Trinajstić information content (AvgIpc) is 3.71. The zero-order valence-electron chi connectivity index (χ0n) is 25.6. The Morgan fingerprint density at radius 1 is 1.11 bits per heavy atom. The van der Waals surface area contributed by atoms with Crippen LogP contribution < -0.4 is 10.2 Å². The third-order valence-corrected chi connectivity index (χ3v) is 8.39. The van der Waals surface area contributed by atoms with Gasteiger partial charge in [-0.3, -0.25) is 14.6 Å². The quantitative estimate of drug-likeness (QED) is 0.257. The third-order valence-electron chi connectivity index (χ3n) is 8.39. The highest BCUT2D eigenvalue weighted by atomic mass is 19.4. The fraction of sp³-hybridized carbons (Fsp3) is 0.333. The molecule has 0 bridgehead atoms. The molecular formula is C33H30F3N9O2. The van der Waals surface area contributed by atoms with Gasteiger partial charge in [-0.05, 0) is 78.1 Å². The van der Waals surface area contributed by atoms with Gasteiger partial charge in [0.15, 0.2) is 5.82 Å². The summed E-state index contributed by atoms with van der Waals surface area (Å²) in [5.74, 6) is 0.265. The first-order valence-electron chi connectivity index (χ1n) is 14.9. The summed E-state index contributed by atoms with van der Waals surface area (Å²) in [6.07, 6.45) is -2.52. The number of fused-ring (bicyclic) bond motifs is 1. The summed E-state index contributed by atoms with van der Waals surface area (Å²) in [6.45, 7) is 2.56. The molecule has 4 heterocycles. The smallest absolute Gasteiger partial charge is 0.389 e. The molecular weight excluding hydrogens is 611 g/mol. The highest BCUT2D eigenvalue weighted by Gasteiger charge is 2.41. The molecule has 2 aromatic carbocycles. The minimum absolute atomic E-state index is 0.0572. The number of pyridine rings is 1. The molecule has 11 nitrogen and oxygen atoms in total. The van der Waals surface area contributed by atoms with Crippen LogP contribution >= 0.6 is 0 Å². The fourth-order valence-electron chi connectivity index (χ4n) is 6.15. The molecule has 2 aliphatic rings. The van der Waals surface area contributed by atoms with Crippen LogP contribution in [0.25, 0.3) is 22.5 Å². The number of benzene rings is 2. The Morgan fingerprint density at radius 2 is 1.91 bits per heavy atom. The summed E-state index contributed by atoms with van der Waals surface area (Å²) < 4.78 is 45.0. The molecule has 240 valence electrons. The lowest BCUT2D eigenvalue weighted by molar-refractivity contribution is -0.138. The highest BCUT2D eigenvalue weighted by Crippen LogP contribution is 2.41. The van der Waals surface area contributed by atoms with Crippen molar-refractivity contribution in [3.63, 3.8) is 0 Å². The number of likely N-dealkylation sites (tertiary alicyclic amines) is 1. The van der Waals surface area contributed by atoms with Crippen molar-refractivity contribution in [2.45, 2.75) is 44.6 Å². The van der Waals surface area contributed by atoms with Gasteiger partial charge in [-0.25, -0.2) is 4.98 Å². The number of rotatable bonds is 8. The van der Waals surface area contributed by atoms with Gasteiger partial charge >= 0.3 is 6.18 Å². The molecule has 1 fully saturated rings. The van der Waals surface area contributed by atoms with E-state index >= 15 is 0 Å². The van der Waals surface area contributed by atoms with E-state index in [1.165, 1.54) is 17.3 Å². The highest BCUT2D eigenvalue weighted by molar-refractivity contribution is 6.10. The van der Waals surface area contributed by atoms with Crippen molar-refractivity contribution < 1.29 is 23.1 Å². The van der Waals surface area contributed by atoms with Crippen molar-refractivity contribution in [1.29, 1.82) is 10.5 Å². The first-order valence-corrected chi connectivity index (χ1v) is 14.9. The maximum absolute atomic E-state index is 14.4. The van der Waals surface area contributed by atoms with Gasteiger partial charge in [0.05, 0.1) is 41.8 Å². The van der Waals surface area contributed by atoms with E-state index in [0.29, 0.717) is 59.0 Å². The molecule has 0 saturated carbocycles. The number of carbonyl (C=O) groups is 1. The van der Waals surface area contributed by atoms with Crippen molar-refractivity contribution in [1.82, 2.24) is 24.6 Å². The van der Waals surface area contributed by atoms with E-state index in [4.69, 9.17) is 5.26 Å². The Balaban J connectivity index is 1.44. The zero-order chi connectivity index (χ0) is 33.5. The molecule has 1 saturated heterocycles. The minimum atomic E-state index is -4.71. The molecule has 1 atom stereocenters. The third kappa shape index (κ3) is 6.38. The van der Waals surface area contributed by atoms with Gasteiger partial charge in [-0.2, -0.15) is 23.7 Å². The van der Waals surface area contributed by atoms with Gasteiger partial charge in [-0.1, -0.05) is 0 Å². The number of hydrogen-bond donors (Lipinski definition) is 2. The first kappa shape index (κ1) is 31.7. The molecule has 0 aliphatic carbocycles. The number of nitriles is 2. The number of nitrogens with zero attached hydrogens (tertiary/aromatic N) is 8. The monoisotopic (exact) mass is 641 g/mol. The summed E-state index contributed by atoms with van der Waals surface area (Å²) in [4.78, 5) is 21.6. The molecule has 1 amide bonds. The number of nitrogens with one attached hydrogen (secondary N) is 1. The Labute approximate surface area is 268 Å². The van der Waals surface area contributed by atoms with Crippen LogP contribution in [-0.2, 0) is 26.3 Å². The predicted octanol–water partition coefficient (Wildman–Crippen LogP) is 4.88. The number of hydrogen-bond acceptors (Lipinski definition) is 9. The lowest BCUT2D eigenvalue weighted by Crippen LogP contribution is -2.29. The Morgan fingerprint density at radius 3 is 2.57 bits per heavy atom. The number of aromatic nitrogens is 4. The normalized spacial score (nSPS) is 17.9. The minimum Gasteiger partial charge on any atom is -0.389 e. The maximum atomic E-state index is 14.4. The molecule has 14 heteroatoms. The Bertz CT molecular complexity index is 1960. The topological polar surface area (TPSA) is 147 Å². The van der Waals surface area contributed by atoms with Gasteiger partial charge in [-0.15, -0.1) is 10.2 Å². The van der Waals surface area contributed by atoms with E-state index in [2.05, 4.69) is 26.6 Å². The van der Waals surface area contributed by atoms with Crippen LogP contribution in [0.5, 0.6) is 0 Å². The van der Waals surface area contributed by atoms with E-state index in [-0.39, 0.29) is 43.0 Å². The van der Waals surface area contributed by atoms with Crippen molar-refractivity contribution in [3.8, 4) is 34.7 Å². The Hall–Kier alpha value is -5.31. The number of halogens is 3.